The summed E-state index contributed by atoms with van der Waals surface area (Å²) in [6.45, 7) is 7.43. The van der Waals surface area contributed by atoms with Crippen LogP contribution in [0.2, 0.25) is 0 Å². The Hall–Kier alpha value is -3.50. The molecule has 0 aromatic heterocycles. The van der Waals surface area contributed by atoms with Crippen LogP contribution in [0.1, 0.15) is 52.2 Å². The first-order valence-corrected chi connectivity index (χ1v) is 14.7. The van der Waals surface area contributed by atoms with Gasteiger partial charge in [0, 0.05) is 32.1 Å². The van der Waals surface area contributed by atoms with Crippen LogP contribution in [0.25, 0.3) is 0 Å². The van der Waals surface area contributed by atoms with Crippen molar-refractivity contribution in [2.75, 3.05) is 26.7 Å². The fourth-order valence-electron chi connectivity index (χ4n) is 6.81. The number of likely N-dealkylation sites (tertiary alicyclic amines) is 1. The Labute approximate surface area is 246 Å². The molecule has 1 N–H and O–H groups in total. The number of esters is 1. The van der Waals surface area contributed by atoms with Gasteiger partial charge in [-0.15, -0.1) is 0 Å². The van der Waals surface area contributed by atoms with Crippen LogP contribution in [-0.2, 0) is 28.7 Å². The van der Waals surface area contributed by atoms with Crippen molar-refractivity contribution in [3.63, 3.8) is 0 Å². The zero-order chi connectivity index (χ0) is 30.4. The summed E-state index contributed by atoms with van der Waals surface area (Å²) in [6.07, 6.45) is 6.43. The first-order valence-electron chi connectivity index (χ1n) is 14.7. The van der Waals surface area contributed by atoms with Gasteiger partial charge in [-0.05, 0) is 39.7 Å². The Bertz CT molecular complexity index is 1290. The van der Waals surface area contributed by atoms with E-state index >= 15 is 0 Å². The molecule has 5 bridgehead atoms. The standard InChI is InChI=1S/C32H41N3O7/c1-20-26(21-12-8-6-9-13-21)41-30(40)24-22-15-16-32(42-22)25(24)28(38)34(18-19-36)27(32)29(39)35(31(2,3)4)17-11-7-10-14-23(37)33(20)5/h6-9,11-13,15-16,20,22,24-27,36H,10,14,17-19H2,1-5H3/b11-7-/t20-,22+,24-,25-,26+,27+,32-/m0/s1. The molecule has 2 fully saturated rings. The minimum atomic E-state index is -1.36. The maximum absolute atomic E-state index is 14.4. The van der Waals surface area contributed by atoms with Gasteiger partial charge in [-0.3, -0.25) is 19.2 Å². The summed E-state index contributed by atoms with van der Waals surface area (Å²) < 4.78 is 12.6. The van der Waals surface area contributed by atoms with Crippen LogP contribution in [0.4, 0.5) is 0 Å². The molecule has 0 unspecified atom stereocenters. The summed E-state index contributed by atoms with van der Waals surface area (Å²) in [5.74, 6) is -3.44. The Balaban J connectivity index is 1.61. The molecule has 2 saturated heterocycles. The lowest BCUT2D eigenvalue weighted by Crippen LogP contribution is -2.59. The molecule has 4 aliphatic heterocycles. The zero-order valence-electron chi connectivity index (χ0n) is 24.9. The number of fused-ring (bicyclic) bond motifs is 2. The number of β-amino-alcohol motifs (C(OH)–C–C–N with tert-alkyl or cyclic N) is 1. The largest absolute Gasteiger partial charge is 0.455 e. The van der Waals surface area contributed by atoms with Crippen molar-refractivity contribution in [1.29, 1.82) is 0 Å². The van der Waals surface area contributed by atoms with E-state index in [0.29, 0.717) is 6.42 Å². The number of carbonyl (C=O) groups is 4. The first-order chi connectivity index (χ1) is 19.9. The second-order valence-corrected chi connectivity index (χ2v) is 12.6. The second-order valence-electron chi connectivity index (χ2n) is 12.6. The molecular weight excluding hydrogens is 538 g/mol. The van der Waals surface area contributed by atoms with E-state index in [0.717, 1.165) is 5.56 Å². The smallest absolute Gasteiger partial charge is 0.313 e. The van der Waals surface area contributed by atoms with Crippen molar-refractivity contribution in [3.05, 3.63) is 60.2 Å². The topological polar surface area (TPSA) is 117 Å². The third kappa shape index (κ3) is 4.94. The maximum Gasteiger partial charge on any atom is 0.313 e. The molecule has 226 valence electrons. The van der Waals surface area contributed by atoms with Crippen LogP contribution in [0.15, 0.2) is 54.6 Å². The Morgan fingerprint density at radius 3 is 2.43 bits per heavy atom. The highest BCUT2D eigenvalue weighted by molar-refractivity contribution is 5.99. The van der Waals surface area contributed by atoms with Crippen molar-refractivity contribution >= 4 is 23.7 Å². The molecule has 4 heterocycles. The first kappa shape index (κ1) is 30.0. The van der Waals surface area contributed by atoms with Crippen molar-refractivity contribution < 1.29 is 33.8 Å². The van der Waals surface area contributed by atoms with Gasteiger partial charge < -0.3 is 29.3 Å². The number of nitrogens with zero attached hydrogens (tertiary/aromatic N) is 3. The van der Waals surface area contributed by atoms with Gasteiger partial charge in [-0.1, -0.05) is 54.6 Å². The van der Waals surface area contributed by atoms with E-state index in [2.05, 4.69) is 0 Å². The maximum atomic E-state index is 14.4. The molecule has 42 heavy (non-hydrogen) atoms. The Kier molecular flexibility index (Phi) is 8.06. The van der Waals surface area contributed by atoms with E-state index < -0.39 is 59.1 Å². The molecule has 10 nitrogen and oxygen atoms in total. The molecule has 0 radical (unpaired) electrons. The van der Waals surface area contributed by atoms with Crippen LogP contribution in [-0.4, -0.2) is 99.6 Å². The molecule has 0 aliphatic carbocycles. The normalized spacial score (nSPS) is 34.7. The lowest BCUT2D eigenvalue weighted by Gasteiger charge is -2.41. The minimum absolute atomic E-state index is 0.0679. The number of ether oxygens (including phenoxy) is 2. The zero-order valence-corrected chi connectivity index (χ0v) is 24.9. The van der Waals surface area contributed by atoms with Crippen LogP contribution in [0.3, 0.4) is 0 Å². The quantitative estimate of drug-likeness (QED) is 0.431. The van der Waals surface area contributed by atoms with Gasteiger partial charge in [-0.25, -0.2) is 0 Å². The predicted molar refractivity (Wildman–Crippen MR) is 154 cm³/mol. The highest BCUT2D eigenvalue weighted by Gasteiger charge is 2.73. The number of likely N-dealkylation sites (N-methyl/N-ethyl adjacent to an activating group) is 1. The average Bonchev–Trinajstić information content (AvgIpc) is 3.59. The number of allylic oxidation sites excluding steroid dienone is 1. The summed E-state index contributed by atoms with van der Waals surface area (Å²) in [5, 5.41) is 9.89. The van der Waals surface area contributed by atoms with E-state index in [9.17, 15) is 24.3 Å². The van der Waals surface area contributed by atoms with E-state index in [1.807, 2.05) is 70.2 Å². The monoisotopic (exact) mass is 579 g/mol. The molecule has 4 aliphatic rings. The number of carbonyl (C=O) groups excluding carboxylic acids is 4. The Morgan fingerprint density at radius 2 is 1.76 bits per heavy atom. The summed E-state index contributed by atoms with van der Waals surface area (Å²) in [7, 11) is 1.70. The number of amides is 3. The van der Waals surface area contributed by atoms with Crippen molar-refractivity contribution in [2.45, 2.75) is 76.0 Å². The van der Waals surface area contributed by atoms with Gasteiger partial charge in [-0.2, -0.15) is 0 Å². The number of hydrogen-bond acceptors (Lipinski definition) is 7. The Morgan fingerprint density at radius 1 is 1.05 bits per heavy atom. The van der Waals surface area contributed by atoms with E-state index in [1.165, 1.54) is 4.90 Å². The molecule has 1 aromatic carbocycles. The minimum Gasteiger partial charge on any atom is -0.455 e. The SMILES string of the molecule is C[C@H]1[C@H](c2ccccc2)OC(=O)[C@@H]2[C@H]3C(=O)N(CCO)[C@H](C(=O)N(C(C)(C)C)C/C=C\CCC(=O)N1C)[C@]31C=C[C@H]2O1. The van der Waals surface area contributed by atoms with Crippen molar-refractivity contribution in [3.8, 4) is 0 Å². The summed E-state index contributed by atoms with van der Waals surface area (Å²) in [5.41, 5.74) is -1.25. The molecule has 10 heteroatoms. The molecule has 1 spiro atoms. The van der Waals surface area contributed by atoms with Gasteiger partial charge in [0.2, 0.25) is 17.7 Å². The summed E-state index contributed by atoms with van der Waals surface area (Å²) in [6, 6.07) is 7.68. The third-order valence-electron chi connectivity index (χ3n) is 9.09. The third-order valence-corrected chi connectivity index (χ3v) is 9.09. The highest BCUT2D eigenvalue weighted by atomic mass is 16.6. The molecule has 1 aromatic rings. The van der Waals surface area contributed by atoms with Crippen LogP contribution < -0.4 is 0 Å². The predicted octanol–water partition coefficient (Wildman–Crippen LogP) is 2.24. The fourth-order valence-corrected chi connectivity index (χ4v) is 6.81. The molecule has 0 saturated carbocycles. The molecule has 7 atom stereocenters. The lowest BCUT2D eigenvalue weighted by molar-refractivity contribution is -0.164. The number of cyclic esters (lactones) is 1. The number of aliphatic hydroxyl groups excluding tert-OH is 1. The van der Waals surface area contributed by atoms with E-state index in [4.69, 9.17) is 9.47 Å². The lowest BCUT2D eigenvalue weighted by atomic mass is 9.74. The number of aliphatic hydroxyl groups is 1. The van der Waals surface area contributed by atoms with Gasteiger partial charge in [0.25, 0.3) is 0 Å². The highest BCUT2D eigenvalue weighted by Crippen LogP contribution is 2.56. The van der Waals surface area contributed by atoms with Gasteiger partial charge >= 0.3 is 5.97 Å². The van der Waals surface area contributed by atoms with E-state index in [-0.39, 0.29) is 37.9 Å². The fraction of sp³-hybridized carbons (Fsp3) is 0.562. The van der Waals surface area contributed by atoms with E-state index in [1.54, 1.807) is 29.0 Å². The molecule has 5 rings (SSSR count). The van der Waals surface area contributed by atoms with Gasteiger partial charge in [0.05, 0.1) is 24.7 Å². The van der Waals surface area contributed by atoms with Gasteiger partial charge in [0.15, 0.2) is 0 Å². The summed E-state index contributed by atoms with van der Waals surface area (Å²) in [4.78, 5) is 60.3. The average molecular weight is 580 g/mol. The summed E-state index contributed by atoms with van der Waals surface area (Å²) >= 11 is 0. The number of hydrogen-bond donors (Lipinski definition) is 1. The van der Waals surface area contributed by atoms with Crippen LogP contribution in [0.5, 0.6) is 0 Å². The molecular formula is C32H41N3O7. The van der Waals surface area contributed by atoms with Crippen LogP contribution in [0, 0.1) is 11.8 Å². The van der Waals surface area contributed by atoms with Crippen molar-refractivity contribution in [1.82, 2.24) is 14.7 Å². The van der Waals surface area contributed by atoms with Crippen molar-refractivity contribution in [2.24, 2.45) is 11.8 Å². The molecule has 3 amide bonds. The second kappa shape index (κ2) is 11.3. The number of rotatable bonds is 3. The van der Waals surface area contributed by atoms with Crippen LogP contribution >= 0.6 is 0 Å². The van der Waals surface area contributed by atoms with Gasteiger partial charge in [0.1, 0.15) is 23.7 Å². The number of benzene rings is 1.